The Morgan fingerprint density at radius 3 is 2.24 bits per heavy atom. The lowest BCUT2D eigenvalue weighted by Gasteiger charge is -2.27. The summed E-state index contributed by atoms with van der Waals surface area (Å²) < 4.78 is 21.7. The summed E-state index contributed by atoms with van der Waals surface area (Å²) in [6, 6.07) is 3.79. The molecule has 7 nitrogen and oxygen atoms in total. The molecule has 1 aromatic heterocycles. The van der Waals surface area contributed by atoms with E-state index in [9.17, 15) is 0 Å². The van der Waals surface area contributed by atoms with Crippen molar-refractivity contribution in [1.82, 2.24) is 10.1 Å². The number of nitrogens with one attached hydrogen (secondary N) is 1. The Hall–Kier alpha value is -2.35. The minimum Gasteiger partial charge on any atom is -0.496 e. The Morgan fingerprint density at radius 2 is 1.66 bits per heavy atom. The molecule has 1 heterocycles. The highest BCUT2D eigenvalue weighted by Crippen LogP contribution is 2.40. The van der Waals surface area contributed by atoms with Gasteiger partial charge in [0, 0.05) is 11.5 Å². The molecule has 1 N–H and O–H groups in total. The van der Waals surface area contributed by atoms with Gasteiger partial charge in [0.05, 0.1) is 26.9 Å². The summed E-state index contributed by atoms with van der Waals surface area (Å²) in [6.45, 7) is 2.20. The lowest BCUT2D eigenvalue weighted by atomic mass is 9.77. The smallest absolute Gasteiger partial charge is 0.326 e. The van der Waals surface area contributed by atoms with Crippen LogP contribution >= 0.6 is 12.2 Å². The molecule has 1 aliphatic rings. The molecule has 1 saturated carbocycles. The molecule has 0 amide bonds. The van der Waals surface area contributed by atoms with Crippen molar-refractivity contribution in [2.45, 2.75) is 57.3 Å². The first-order valence-electron chi connectivity index (χ1n) is 10.0. The summed E-state index contributed by atoms with van der Waals surface area (Å²) in [4.78, 5) is 5.05. The van der Waals surface area contributed by atoms with Crippen LogP contribution in [0.1, 0.15) is 63.3 Å². The first-order chi connectivity index (χ1) is 14.1. The fourth-order valence-corrected chi connectivity index (χ4v) is 4.25. The van der Waals surface area contributed by atoms with Crippen molar-refractivity contribution in [1.29, 1.82) is 0 Å². The Kier molecular flexibility index (Phi) is 6.95. The third-order valence-corrected chi connectivity index (χ3v) is 6.13. The first kappa shape index (κ1) is 21.4. The van der Waals surface area contributed by atoms with Crippen molar-refractivity contribution >= 4 is 23.2 Å². The van der Waals surface area contributed by atoms with E-state index in [0.29, 0.717) is 33.8 Å². The van der Waals surface area contributed by atoms with E-state index in [-0.39, 0.29) is 5.41 Å². The molecule has 0 aliphatic heterocycles. The molecule has 0 spiro atoms. The normalized spacial score (nSPS) is 16.0. The third kappa shape index (κ3) is 4.47. The lowest BCUT2D eigenvalue weighted by Crippen LogP contribution is -2.26. The summed E-state index contributed by atoms with van der Waals surface area (Å²) in [7, 11) is 4.73. The topological polar surface area (TPSA) is 78.6 Å². The molecule has 2 aromatic rings. The number of methoxy groups -OCH3 is 3. The van der Waals surface area contributed by atoms with Gasteiger partial charge in [0.1, 0.15) is 10.7 Å². The van der Waals surface area contributed by atoms with Crippen molar-refractivity contribution in [3.63, 3.8) is 0 Å². The van der Waals surface area contributed by atoms with Gasteiger partial charge in [-0.05, 0) is 25.3 Å². The van der Waals surface area contributed by atoms with Gasteiger partial charge in [0.25, 0.3) is 0 Å². The monoisotopic (exact) mass is 419 g/mol. The van der Waals surface area contributed by atoms with Crippen LogP contribution in [-0.2, 0) is 5.41 Å². The highest BCUT2D eigenvalue weighted by Gasteiger charge is 2.36. The number of hydrogen-bond donors (Lipinski definition) is 1. The van der Waals surface area contributed by atoms with Crippen molar-refractivity contribution < 1.29 is 18.7 Å². The van der Waals surface area contributed by atoms with Gasteiger partial charge in [-0.1, -0.05) is 50.0 Å². The Bertz CT molecular complexity index is 844. The van der Waals surface area contributed by atoms with Crippen molar-refractivity contribution in [2.24, 2.45) is 0 Å². The molecule has 29 heavy (non-hydrogen) atoms. The minimum atomic E-state index is -0.0113. The zero-order chi connectivity index (χ0) is 20.9. The number of benzene rings is 1. The maximum Gasteiger partial charge on any atom is 0.326 e. The van der Waals surface area contributed by atoms with E-state index >= 15 is 0 Å². The quantitative estimate of drug-likeness (QED) is 0.502. The van der Waals surface area contributed by atoms with Gasteiger partial charge < -0.3 is 18.7 Å². The van der Waals surface area contributed by atoms with Crippen molar-refractivity contribution in [2.75, 3.05) is 26.6 Å². The number of anilines is 1. The molecule has 1 aliphatic carbocycles. The molecule has 0 radical (unpaired) electrons. The molecule has 158 valence electrons. The molecule has 0 bridgehead atoms. The van der Waals surface area contributed by atoms with Crippen molar-refractivity contribution in [3.8, 4) is 17.2 Å². The van der Waals surface area contributed by atoms with Crippen LogP contribution in [0.5, 0.6) is 17.2 Å². The first-order valence-corrected chi connectivity index (χ1v) is 10.4. The zero-order valence-electron chi connectivity index (χ0n) is 17.5. The highest BCUT2D eigenvalue weighted by atomic mass is 32.1. The molecular weight excluding hydrogens is 390 g/mol. The van der Waals surface area contributed by atoms with Gasteiger partial charge in [0.15, 0.2) is 17.3 Å². The van der Waals surface area contributed by atoms with E-state index in [2.05, 4.69) is 22.4 Å². The standard InChI is InChI=1S/C21H29N3O4S/c1-5-21(10-8-6-7-9-11-21)19-23-20(28-24-19)22-18(29)14-12-16(26-3)17(27-4)13-15(14)25-2/h12-13H,5-11H2,1-4H3,(H,22,23,24,29). The zero-order valence-corrected chi connectivity index (χ0v) is 18.4. The van der Waals surface area contributed by atoms with Crippen LogP contribution in [0.4, 0.5) is 6.01 Å². The SMILES string of the molecule is CCC1(c2noc(NC(=S)c3cc(OC)c(OC)cc3OC)n2)CCCCCC1. The second-order valence-electron chi connectivity index (χ2n) is 7.33. The van der Waals surface area contributed by atoms with E-state index in [0.717, 1.165) is 25.1 Å². The lowest BCUT2D eigenvalue weighted by molar-refractivity contribution is 0.315. The maximum absolute atomic E-state index is 5.57. The van der Waals surface area contributed by atoms with Gasteiger partial charge >= 0.3 is 6.01 Å². The predicted molar refractivity (Wildman–Crippen MR) is 115 cm³/mol. The van der Waals surface area contributed by atoms with E-state index in [1.165, 1.54) is 25.7 Å². The molecule has 8 heteroatoms. The van der Waals surface area contributed by atoms with E-state index in [1.807, 2.05) is 0 Å². The molecule has 1 fully saturated rings. The predicted octanol–water partition coefficient (Wildman–Crippen LogP) is 4.89. The largest absolute Gasteiger partial charge is 0.496 e. The van der Waals surface area contributed by atoms with Crippen LogP contribution in [0.2, 0.25) is 0 Å². The molecular formula is C21H29N3O4S. The van der Waals surface area contributed by atoms with Gasteiger partial charge in [-0.25, -0.2) is 0 Å². The van der Waals surface area contributed by atoms with Gasteiger partial charge in [-0.2, -0.15) is 4.98 Å². The van der Waals surface area contributed by atoms with Gasteiger partial charge in [0.2, 0.25) is 0 Å². The number of thiocarbonyl (C=S) groups is 1. The summed E-state index contributed by atoms with van der Waals surface area (Å²) in [5.41, 5.74) is 0.641. The van der Waals surface area contributed by atoms with Crippen LogP contribution in [0.25, 0.3) is 0 Å². The average Bonchev–Trinajstić information content (AvgIpc) is 3.08. The van der Waals surface area contributed by atoms with Crippen LogP contribution in [0.3, 0.4) is 0 Å². The number of hydrogen-bond acceptors (Lipinski definition) is 7. The fraction of sp³-hybridized carbons (Fsp3) is 0.571. The van der Waals surface area contributed by atoms with Crippen LogP contribution < -0.4 is 19.5 Å². The maximum atomic E-state index is 5.57. The number of nitrogens with zero attached hydrogens (tertiary/aromatic N) is 2. The fourth-order valence-electron chi connectivity index (χ4n) is 4.00. The summed E-state index contributed by atoms with van der Waals surface area (Å²) in [6.07, 6.45) is 8.13. The summed E-state index contributed by atoms with van der Waals surface area (Å²) in [5, 5.41) is 7.34. The second kappa shape index (κ2) is 9.43. The summed E-state index contributed by atoms with van der Waals surface area (Å²) >= 11 is 5.57. The number of aromatic nitrogens is 2. The van der Waals surface area contributed by atoms with Crippen molar-refractivity contribution in [3.05, 3.63) is 23.5 Å². The Balaban J connectivity index is 1.83. The Labute approximate surface area is 177 Å². The molecule has 0 unspecified atom stereocenters. The number of rotatable bonds is 7. The van der Waals surface area contributed by atoms with Gasteiger partial charge in [-0.15, -0.1) is 0 Å². The number of ether oxygens (including phenoxy) is 3. The third-order valence-electron chi connectivity index (χ3n) is 5.81. The van der Waals surface area contributed by atoms with Crippen LogP contribution in [-0.4, -0.2) is 36.5 Å². The molecule has 0 saturated heterocycles. The minimum absolute atomic E-state index is 0.0113. The van der Waals surface area contributed by atoms with Gasteiger partial charge in [-0.3, -0.25) is 5.32 Å². The Morgan fingerprint density at radius 1 is 1.03 bits per heavy atom. The summed E-state index contributed by atoms with van der Waals surface area (Å²) in [5.74, 6) is 2.46. The molecule has 1 aromatic carbocycles. The van der Waals surface area contributed by atoms with Crippen LogP contribution in [0, 0.1) is 0 Å². The molecule has 0 atom stereocenters. The van der Waals surface area contributed by atoms with E-state index in [1.54, 1.807) is 33.5 Å². The molecule has 3 rings (SSSR count). The average molecular weight is 420 g/mol. The van der Waals surface area contributed by atoms with E-state index in [4.69, 9.17) is 31.0 Å². The van der Waals surface area contributed by atoms with E-state index < -0.39 is 0 Å². The second-order valence-corrected chi connectivity index (χ2v) is 7.74. The highest BCUT2D eigenvalue weighted by molar-refractivity contribution is 7.81. The van der Waals surface area contributed by atoms with Crippen LogP contribution in [0.15, 0.2) is 16.7 Å².